The number of rotatable bonds is 3. The molecule has 19 heavy (non-hydrogen) atoms. The van der Waals surface area contributed by atoms with Crippen LogP contribution < -0.4 is 4.74 Å². The van der Waals surface area contributed by atoms with E-state index in [9.17, 15) is 4.79 Å². The lowest BCUT2D eigenvalue weighted by Gasteiger charge is -2.33. The number of hydrogen-bond acceptors (Lipinski definition) is 2. The fourth-order valence-electron chi connectivity index (χ4n) is 2.28. The van der Waals surface area contributed by atoms with Gasteiger partial charge in [-0.25, -0.2) is 0 Å². The van der Waals surface area contributed by atoms with Crippen LogP contribution in [-0.2, 0) is 4.79 Å². The molecular weight excluding hydrogens is 285 g/mol. The molecule has 3 nitrogen and oxygen atoms in total. The van der Waals surface area contributed by atoms with Gasteiger partial charge in [0.2, 0.25) is 0 Å². The largest absolute Gasteiger partial charge is 0.482 e. The van der Waals surface area contributed by atoms with E-state index >= 15 is 0 Å². The van der Waals surface area contributed by atoms with Gasteiger partial charge in [-0.05, 0) is 44.4 Å². The highest BCUT2D eigenvalue weighted by Crippen LogP contribution is 2.27. The zero-order valence-electron chi connectivity index (χ0n) is 10.9. The van der Waals surface area contributed by atoms with Crippen molar-refractivity contribution in [3.8, 4) is 5.75 Å². The fourth-order valence-corrected chi connectivity index (χ4v) is 2.75. The van der Waals surface area contributed by atoms with Crippen LogP contribution >= 0.6 is 23.2 Å². The minimum absolute atomic E-state index is 0.0122. The Hall–Kier alpha value is -0.930. The van der Waals surface area contributed by atoms with Crippen molar-refractivity contribution in [3.05, 3.63) is 28.2 Å². The monoisotopic (exact) mass is 301 g/mol. The van der Waals surface area contributed by atoms with Crippen LogP contribution in [0, 0.1) is 0 Å². The number of halogens is 2. The topological polar surface area (TPSA) is 29.5 Å². The van der Waals surface area contributed by atoms with Gasteiger partial charge in [0.1, 0.15) is 5.75 Å². The van der Waals surface area contributed by atoms with Gasteiger partial charge < -0.3 is 9.64 Å². The number of piperidine rings is 1. The lowest BCUT2D eigenvalue weighted by atomic mass is 10.0. The SMILES string of the molecule is C[C@@H]1CCCCN1C(=O)COc1ccc(Cl)cc1Cl. The summed E-state index contributed by atoms with van der Waals surface area (Å²) in [6, 6.07) is 5.27. The van der Waals surface area contributed by atoms with Crippen molar-refractivity contribution >= 4 is 29.1 Å². The number of carbonyl (C=O) groups is 1. The van der Waals surface area contributed by atoms with Gasteiger partial charge in [-0.3, -0.25) is 4.79 Å². The van der Waals surface area contributed by atoms with Crippen LogP contribution in [0.4, 0.5) is 0 Å². The maximum Gasteiger partial charge on any atom is 0.260 e. The summed E-state index contributed by atoms with van der Waals surface area (Å²) in [5.41, 5.74) is 0. The quantitative estimate of drug-likeness (QED) is 0.850. The van der Waals surface area contributed by atoms with Crippen LogP contribution in [0.2, 0.25) is 10.0 Å². The summed E-state index contributed by atoms with van der Waals surface area (Å²) < 4.78 is 5.47. The molecular formula is C14H17Cl2NO2. The third kappa shape index (κ3) is 3.77. The molecule has 0 aromatic heterocycles. The molecule has 5 heteroatoms. The molecule has 0 spiro atoms. The number of ether oxygens (including phenoxy) is 1. The smallest absolute Gasteiger partial charge is 0.260 e. The lowest BCUT2D eigenvalue weighted by Crippen LogP contribution is -2.44. The van der Waals surface area contributed by atoms with Crippen molar-refractivity contribution in [3.63, 3.8) is 0 Å². The van der Waals surface area contributed by atoms with Gasteiger partial charge in [-0.1, -0.05) is 23.2 Å². The minimum atomic E-state index is 0.0122. The zero-order valence-corrected chi connectivity index (χ0v) is 12.4. The van der Waals surface area contributed by atoms with E-state index in [0.29, 0.717) is 21.8 Å². The molecule has 0 aliphatic carbocycles. The van der Waals surface area contributed by atoms with Gasteiger partial charge >= 0.3 is 0 Å². The third-order valence-electron chi connectivity index (χ3n) is 3.37. The Kier molecular flexibility index (Phi) is 4.94. The molecule has 1 aromatic carbocycles. The molecule has 0 unspecified atom stereocenters. The van der Waals surface area contributed by atoms with E-state index in [2.05, 4.69) is 6.92 Å². The molecule has 0 bridgehead atoms. The number of benzene rings is 1. The second-order valence-corrected chi connectivity index (χ2v) is 5.64. The molecule has 0 saturated carbocycles. The van der Waals surface area contributed by atoms with Crippen molar-refractivity contribution in [1.29, 1.82) is 0 Å². The molecule has 0 N–H and O–H groups in total. The number of likely N-dealkylation sites (tertiary alicyclic amines) is 1. The highest BCUT2D eigenvalue weighted by Gasteiger charge is 2.23. The van der Waals surface area contributed by atoms with Gasteiger partial charge in [-0.15, -0.1) is 0 Å². The molecule has 1 heterocycles. The van der Waals surface area contributed by atoms with E-state index in [0.717, 1.165) is 19.4 Å². The van der Waals surface area contributed by atoms with Gasteiger partial charge in [-0.2, -0.15) is 0 Å². The summed E-state index contributed by atoms with van der Waals surface area (Å²) in [7, 11) is 0. The first-order valence-electron chi connectivity index (χ1n) is 6.45. The van der Waals surface area contributed by atoms with Crippen molar-refractivity contribution in [1.82, 2.24) is 4.90 Å². The molecule has 1 aliphatic rings. The Balaban J connectivity index is 1.92. The van der Waals surface area contributed by atoms with Crippen LogP contribution in [-0.4, -0.2) is 30.0 Å². The summed E-state index contributed by atoms with van der Waals surface area (Å²) in [5.74, 6) is 0.502. The average molecular weight is 302 g/mol. The second-order valence-electron chi connectivity index (χ2n) is 4.80. The first kappa shape index (κ1) is 14.5. The Morgan fingerprint density at radius 3 is 2.89 bits per heavy atom. The molecule has 0 radical (unpaired) electrons. The Labute approximate surface area is 123 Å². The van der Waals surface area contributed by atoms with E-state index in [4.69, 9.17) is 27.9 Å². The Bertz CT molecular complexity index is 465. The Morgan fingerprint density at radius 1 is 1.42 bits per heavy atom. The van der Waals surface area contributed by atoms with Crippen LogP contribution in [0.3, 0.4) is 0 Å². The second kappa shape index (κ2) is 6.49. The number of hydrogen-bond donors (Lipinski definition) is 0. The summed E-state index contributed by atoms with van der Waals surface area (Å²) >= 11 is 11.8. The van der Waals surface area contributed by atoms with E-state index in [-0.39, 0.29) is 12.5 Å². The summed E-state index contributed by atoms with van der Waals surface area (Å²) in [4.78, 5) is 14.0. The third-order valence-corrected chi connectivity index (χ3v) is 3.90. The highest BCUT2D eigenvalue weighted by molar-refractivity contribution is 6.35. The van der Waals surface area contributed by atoms with Crippen LogP contribution in [0.25, 0.3) is 0 Å². The number of amides is 1. The summed E-state index contributed by atoms with van der Waals surface area (Å²) in [6.07, 6.45) is 3.32. The van der Waals surface area contributed by atoms with E-state index in [1.54, 1.807) is 18.2 Å². The molecule has 1 saturated heterocycles. The lowest BCUT2D eigenvalue weighted by molar-refractivity contribution is -0.136. The molecule has 104 valence electrons. The van der Waals surface area contributed by atoms with Gasteiger partial charge in [0, 0.05) is 17.6 Å². The number of nitrogens with zero attached hydrogens (tertiary/aromatic N) is 1. The standard InChI is InChI=1S/C14H17Cl2NO2/c1-10-4-2-3-7-17(10)14(18)9-19-13-6-5-11(15)8-12(13)16/h5-6,8,10H,2-4,7,9H2,1H3/t10-/m1/s1. The number of carbonyl (C=O) groups excluding carboxylic acids is 1. The predicted octanol–water partition coefficient (Wildman–Crippen LogP) is 3.77. The fraction of sp³-hybridized carbons (Fsp3) is 0.500. The van der Waals surface area contributed by atoms with Crippen molar-refractivity contribution in [2.75, 3.05) is 13.2 Å². The predicted molar refractivity (Wildman–Crippen MR) is 77.0 cm³/mol. The van der Waals surface area contributed by atoms with Gasteiger partial charge in [0.25, 0.3) is 5.91 Å². The van der Waals surface area contributed by atoms with Crippen LogP contribution in [0.1, 0.15) is 26.2 Å². The molecule has 1 amide bonds. The first-order valence-corrected chi connectivity index (χ1v) is 7.21. The maximum absolute atomic E-state index is 12.1. The molecule has 1 aliphatic heterocycles. The van der Waals surface area contributed by atoms with E-state index in [1.165, 1.54) is 6.42 Å². The average Bonchev–Trinajstić information content (AvgIpc) is 2.38. The molecule has 2 rings (SSSR count). The summed E-state index contributed by atoms with van der Waals surface area (Å²) in [5, 5.41) is 0.973. The van der Waals surface area contributed by atoms with Gasteiger partial charge in [0.05, 0.1) is 5.02 Å². The van der Waals surface area contributed by atoms with Crippen molar-refractivity contribution < 1.29 is 9.53 Å². The normalized spacial score (nSPS) is 19.3. The highest BCUT2D eigenvalue weighted by atomic mass is 35.5. The Morgan fingerprint density at radius 2 is 2.21 bits per heavy atom. The van der Waals surface area contributed by atoms with Crippen molar-refractivity contribution in [2.24, 2.45) is 0 Å². The van der Waals surface area contributed by atoms with E-state index < -0.39 is 0 Å². The first-order chi connectivity index (χ1) is 9.08. The van der Waals surface area contributed by atoms with Crippen molar-refractivity contribution in [2.45, 2.75) is 32.2 Å². The van der Waals surface area contributed by atoms with Crippen LogP contribution in [0.5, 0.6) is 5.75 Å². The molecule has 1 aromatic rings. The van der Waals surface area contributed by atoms with E-state index in [1.807, 2.05) is 4.90 Å². The zero-order chi connectivity index (χ0) is 13.8. The van der Waals surface area contributed by atoms with Gasteiger partial charge in [0.15, 0.2) is 6.61 Å². The molecule has 1 fully saturated rings. The summed E-state index contributed by atoms with van der Waals surface area (Å²) in [6.45, 7) is 2.91. The van der Waals surface area contributed by atoms with Crippen LogP contribution in [0.15, 0.2) is 18.2 Å². The molecule has 1 atom stereocenters. The maximum atomic E-state index is 12.1. The minimum Gasteiger partial charge on any atom is -0.482 e.